The minimum atomic E-state index is -0.878. The minimum absolute atomic E-state index is 0.0220. The lowest BCUT2D eigenvalue weighted by atomic mass is 9.83. The molecule has 1 aliphatic rings. The summed E-state index contributed by atoms with van der Waals surface area (Å²) < 4.78 is 0. The van der Waals surface area contributed by atoms with Crippen molar-refractivity contribution >= 4 is 12.0 Å². The van der Waals surface area contributed by atoms with Gasteiger partial charge in [-0.1, -0.05) is 33.1 Å². The summed E-state index contributed by atoms with van der Waals surface area (Å²) in [6.07, 6.45) is 6.29. The van der Waals surface area contributed by atoms with Crippen molar-refractivity contribution in [1.82, 2.24) is 10.6 Å². The van der Waals surface area contributed by atoms with Gasteiger partial charge in [0.2, 0.25) is 0 Å². The van der Waals surface area contributed by atoms with E-state index in [-0.39, 0.29) is 24.5 Å². The van der Waals surface area contributed by atoms with Crippen LogP contribution in [0.1, 0.15) is 58.8 Å². The summed E-state index contributed by atoms with van der Waals surface area (Å²) in [6.45, 7) is 4.03. The molecule has 0 spiro atoms. The molecule has 2 amide bonds. The highest BCUT2D eigenvalue weighted by Crippen LogP contribution is 2.26. The summed E-state index contributed by atoms with van der Waals surface area (Å²) in [4.78, 5) is 22.6. The molecule has 0 radical (unpaired) electrons. The number of carboxylic acid groups (broad SMARTS) is 1. The fourth-order valence-corrected chi connectivity index (χ4v) is 2.79. The van der Waals surface area contributed by atoms with Crippen LogP contribution < -0.4 is 10.6 Å². The molecule has 5 heteroatoms. The van der Waals surface area contributed by atoms with Crippen LogP contribution in [0, 0.1) is 5.92 Å². The Hall–Kier alpha value is -1.26. The van der Waals surface area contributed by atoms with Gasteiger partial charge in [-0.3, -0.25) is 4.79 Å². The number of carbonyl (C=O) groups is 2. The van der Waals surface area contributed by atoms with Gasteiger partial charge in [-0.2, -0.15) is 0 Å². The Balaban J connectivity index is 2.42. The zero-order valence-electron chi connectivity index (χ0n) is 11.9. The molecular weight excluding hydrogens is 244 g/mol. The molecule has 1 aliphatic carbocycles. The fourth-order valence-electron chi connectivity index (χ4n) is 2.79. The van der Waals surface area contributed by atoms with E-state index in [0.29, 0.717) is 12.3 Å². The normalized spacial score (nSPS) is 24.5. The third-order valence-electron chi connectivity index (χ3n) is 4.00. The SMILES string of the molecule is CCC(CC(=O)O)NC(=O)NC1CCCCC1CC. The van der Waals surface area contributed by atoms with Crippen LogP contribution in [0.15, 0.2) is 0 Å². The third kappa shape index (κ3) is 5.49. The molecule has 0 aromatic rings. The third-order valence-corrected chi connectivity index (χ3v) is 4.00. The molecule has 3 atom stereocenters. The summed E-state index contributed by atoms with van der Waals surface area (Å²) in [6, 6.07) is -0.277. The van der Waals surface area contributed by atoms with Gasteiger partial charge in [-0.25, -0.2) is 4.79 Å². The topological polar surface area (TPSA) is 78.4 Å². The lowest BCUT2D eigenvalue weighted by molar-refractivity contribution is -0.137. The smallest absolute Gasteiger partial charge is 0.315 e. The number of amides is 2. The molecule has 1 fully saturated rings. The van der Waals surface area contributed by atoms with Crippen molar-refractivity contribution in [2.45, 2.75) is 70.9 Å². The highest BCUT2D eigenvalue weighted by molar-refractivity contribution is 5.76. The average Bonchev–Trinajstić information content (AvgIpc) is 2.38. The van der Waals surface area contributed by atoms with Gasteiger partial charge in [0.25, 0.3) is 0 Å². The second-order valence-electron chi connectivity index (χ2n) is 5.38. The van der Waals surface area contributed by atoms with Gasteiger partial charge < -0.3 is 15.7 Å². The Bertz CT molecular complexity index is 307. The van der Waals surface area contributed by atoms with Crippen LogP contribution in [0.2, 0.25) is 0 Å². The maximum atomic E-state index is 11.9. The number of nitrogens with one attached hydrogen (secondary N) is 2. The number of carbonyl (C=O) groups excluding carboxylic acids is 1. The van der Waals surface area contributed by atoms with Gasteiger partial charge in [0.05, 0.1) is 6.42 Å². The molecule has 110 valence electrons. The first-order valence-electron chi connectivity index (χ1n) is 7.35. The largest absolute Gasteiger partial charge is 0.481 e. The fraction of sp³-hybridized carbons (Fsp3) is 0.857. The van der Waals surface area contributed by atoms with Gasteiger partial charge in [0, 0.05) is 12.1 Å². The number of hydrogen-bond acceptors (Lipinski definition) is 2. The van der Waals surface area contributed by atoms with Gasteiger partial charge in [-0.15, -0.1) is 0 Å². The van der Waals surface area contributed by atoms with E-state index in [1.807, 2.05) is 6.92 Å². The number of rotatable bonds is 6. The van der Waals surface area contributed by atoms with Crippen LogP contribution in [-0.2, 0) is 4.79 Å². The predicted octanol–water partition coefficient (Wildman–Crippen LogP) is 2.51. The van der Waals surface area contributed by atoms with Gasteiger partial charge >= 0.3 is 12.0 Å². The molecule has 1 rings (SSSR count). The molecule has 0 aliphatic heterocycles. The highest BCUT2D eigenvalue weighted by Gasteiger charge is 2.25. The van der Waals surface area contributed by atoms with Gasteiger partial charge in [0.1, 0.15) is 0 Å². The Morgan fingerprint density at radius 3 is 2.53 bits per heavy atom. The predicted molar refractivity (Wildman–Crippen MR) is 74.0 cm³/mol. The minimum Gasteiger partial charge on any atom is -0.481 e. The second-order valence-corrected chi connectivity index (χ2v) is 5.38. The van der Waals surface area contributed by atoms with Crippen molar-refractivity contribution in [2.75, 3.05) is 0 Å². The first-order chi connectivity index (χ1) is 9.06. The van der Waals surface area contributed by atoms with Crippen LogP contribution in [0.25, 0.3) is 0 Å². The molecule has 3 N–H and O–H groups in total. The van der Waals surface area contributed by atoms with E-state index in [0.717, 1.165) is 19.3 Å². The van der Waals surface area contributed by atoms with Crippen LogP contribution in [0.5, 0.6) is 0 Å². The quantitative estimate of drug-likeness (QED) is 0.694. The summed E-state index contributed by atoms with van der Waals surface area (Å²) >= 11 is 0. The maximum Gasteiger partial charge on any atom is 0.315 e. The molecule has 1 saturated carbocycles. The van der Waals surface area contributed by atoms with E-state index < -0.39 is 5.97 Å². The number of carboxylic acids is 1. The average molecular weight is 270 g/mol. The summed E-state index contributed by atoms with van der Waals surface area (Å²) in [7, 11) is 0. The van der Waals surface area contributed by atoms with E-state index in [4.69, 9.17) is 5.11 Å². The van der Waals surface area contributed by atoms with E-state index in [2.05, 4.69) is 17.6 Å². The number of urea groups is 1. The molecule has 0 bridgehead atoms. The Morgan fingerprint density at radius 2 is 1.95 bits per heavy atom. The van der Waals surface area contributed by atoms with Crippen molar-refractivity contribution in [3.8, 4) is 0 Å². The number of hydrogen-bond donors (Lipinski definition) is 3. The van der Waals surface area contributed by atoms with Crippen molar-refractivity contribution in [2.24, 2.45) is 5.92 Å². The Labute approximate surface area is 115 Å². The second kappa shape index (κ2) is 8.02. The summed E-state index contributed by atoms with van der Waals surface area (Å²) in [5, 5.41) is 14.5. The zero-order valence-corrected chi connectivity index (χ0v) is 11.9. The monoisotopic (exact) mass is 270 g/mol. The van der Waals surface area contributed by atoms with Crippen LogP contribution in [0.3, 0.4) is 0 Å². The van der Waals surface area contributed by atoms with Crippen molar-refractivity contribution in [3.63, 3.8) is 0 Å². The first kappa shape index (κ1) is 15.8. The first-order valence-corrected chi connectivity index (χ1v) is 7.35. The summed E-state index contributed by atoms with van der Waals surface area (Å²) in [5.74, 6) is -0.324. The van der Waals surface area contributed by atoms with Crippen LogP contribution >= 0.6 is 0 Å². The molecule has 0 heterocycles. The van der Waals surface area contributed by atoms with Crippen molar-refractivity contribution in [1.29, 1.82) is 0 Å². The Morgan fingerprint density at radius 1 is 1.26 bits per heavy atom. The zero-order chi connectivity index (χ0) is 14.3. The molecule has 5 nitrogen and oxygen atoms in total. The van der Waals surface area contributed by atoms with E-state index in [1.54, 1.807) is 0 Å². The van der Waals surface area contributed by atoms with E-state index >= 15 is 0 Å². The Kier molecular flexibility index (Phi) is 6.67. The van der Waals surface area contributed by atoms with Crippen molar-refractivity contribution in [3.05, 3.63) is 0 Å². The molecule has 0 saturated heterocycles. The van der Waals surface area contributed by atoms with Crippen molar-refractivity contribution < 1.29 is 14.7 Å². The van der Waals surface area contributed by atoms with E-state index in [9.17, 15) is 9.59 Å². The number of aliphatic carboxylic acids is 1. The standard InChI is InChI=1S/C14H26N2O3/c1-3-10-7-5-6-8-12(10)16-14(19)15-11(4-2)9-13(17)18/h10-12H,3-9H2,1-2H3,(H,17,18)(H2,15,16,19). The lowest BCUT2D eigenvalue weighted by Crippen LogP contribution is -2.49. The van der Waals surface area contributed by atoms with Crippen LogP contribution in [-0.4, -0.2) is 29.2 Å². The molecule has 19 heavy (non-hydrogen) atoms. The van der Waals surface area contributed by atoms with Gasteiger partial charge in [-0.05, 0) is 25.2 Å². The highest BCUT2D eigenvalue weighted by atomic mass is 16.4. The maximum absolute atomic E-state index is 11.9. The summed E-state index contributed by atoms with van der Waals surface area (Å²) in [5.41, 5.74) is 0. The molecular formula is C14H26N2O3. The van der Waals surface area contributed by atoms with Gasteiger partial charge in [0.15, 0.2) is 0 Å². The van der Waals surface area contributed by atoms with E-state index in [1.165, 1.54) is 12.8 Å². The lowest BCUT2D eigenvalue weighted by Gasteiger charge is -2.32. The molecule has 0 aromatic heterocycles. The molecule has 3 unspecified atom stereocenters. The molecule has 0 aromatic carbocycles. The van der Waals surface area contributed by atoms with Crippen LogP contribution in [0.4, 0.5) is 4.79 Å².